The van der Waals surface area contributed by atoms with E-state index in [1.54, 1.807) is 0 Å². The van der Waals surface area contributed by atoms with Gasteiger partial charge in [-0.2, -0.15) is 40.5 Å². The van der Waals surface area contributed by atoms with Gasteiger partial charge in [0.15, 0.2) is 5.96 Å². The minimum atomic E-state index is -0.818. The lowest BCUT2D eigenvalue weighted by Crippen LogP contribution is -2.55. The predicted octanol–water partition coefficient (Wildman–Crippen LogP) is 0.144. The fourth-order valence-corrected chi connectivity index (χ4v) is 2.90. The Bertz CT molecular complexity index is 617. The zero-order valence-corrected chi connectivity index (χ0v) is 23.2. The van der Waals surface area contributed by atoms with E-state index in [9.17, 15) is 19.2 Å². The zero-order valence-electron chi connectivity index (χ0n) is 20.2. The lowest BCUT2D eigenvalue weighted by Gasteiger charge is -2.25. The number of guanidine groups is 1. The minimum absolute atomic E-state index is 0. The molecule has 0 fully saturated rings. The first-order valence-corrected chi connectivity index (χ1v) is 10.3. The Morgan fingerprint density at radius 1 is 0.848 bits per heavy atom. The number of nitrogens with two attached hydrogens (primary N) is 2. The molecule has 0 aromatic heterocycles. The lowest BCUT2D eigenvalue weighted by atomic mass is 9.99. The quantitative estimate of drug-likeness (QED) is 0.0930. The van der Waals surface area contributed by atoms with Gasteiger partial charge in [-0.1, -0.05) is 27.7 Å². The second-order valence-corrected chi connectivity index (χ2v) is 8.27. The molecule has 7 N–H and O–H groups in total. The molecule has 0 aliphatic rings. The smallest absolute Gasteiger partial charge is 0.243 e. The Kier molecular flexibility index (Phi) is 24.6. The molecule has 1 unspecified atom stereocenters. The van der Waals surface area contributed by atoms with E-state index in [0.717, 1.165) is 0 Å². The van der Waals surface area contributed by atoms with E-state index in [-0.39, 0.29) is 64.2 Å². The SMILES string of the molecule is CC(=O)N[C@@H](CC(C)C)C(=O)NC(CC(C)C)C(=O)N[C@H](C=O)CCCN=C(N)N.S.S.S. The van der Waals surface area contributed by atoms with Crippen LogP contribution in [-0.4, -0.2) is 54.6 Å². The lowest BCUT2D eigenvalue weighted by molar-refractivity contribution is -0.133. The van der Waals surface area contributed by atoms with Crippen molar-refractivity contribution in [2.45, 2.75) is 78.4 Å². The molecule has 10 nitrogen and oxygen atoms in total. The molecular formula is C20H44N6O4S3. The van der Waals surface area contributed by atoms with Crippen molar-refractivity contribution in [3.05, 3.63) is 0 Å². The van der Waals surface area contributed by atoms with Gasteiger partial charge >= 0.3 is 0 Å². The van der Waals surface area contributed by atoms with Crippen LogP contribution in [0.5, 0.6) is 0 Å². The first-order valence-electron chi connectivity index (χ1n) is 10.3. The molecule has 0 radical (unpaired) electrons. The maximum atomic E-state index is 12.8. The van der Waals surface area contributed by atoms with Crippen molar-refractivity contribution in [3.63, 3.8) is 0 Å². The zero-order chi connectivity index (χ0) is 23.3. The van der Waals surface area contributed by atoms with Gasteiger partial charge in [-0.05, 0) is 37.5 Å². The van der Waals surface area contributed by atoms with Gasteiger partial charge in [0, 0.05) is 13.5 Å². The van der Waals surface area contributed by atoms with Crippen LogP contribution in [0, 0.1) is 11.8 Å². The first-order chi connectivity index (χ1) is 14.0. The van der Waals surface area contributed by atoms with E-state index < -0.39 is 29.9 Å². The first kappa shape index (κ1) is 38.7. The summed E-state index contributed by atoms with van der Waals surface area (Å²) in [5.41, 5.74) is 10.5. The topological polar surface area (TPSA) is 169 Å². The van der Waals surface area contributed by atoms with Gasteiger partial charge in [-0.25, -0.2) is 0 Å². The fraction of sp³-hybridized carbons (Fsp3) is 0.750. The van der Waals surface area contributed by atoms with Crippen LogP contribution in [-0.2, 0) is 19.2 Å². The van der Waals surface area contributed by atoms with Gasteiger partial charge in [-0.3, -0.25) is 19.4 Å². The van der Waals surface area contributed by atoms with E-state index in [1.807, 2.05) is 27.7 Å². The summed E-state index contributed by atoms with van der Waals surface area (Å²) >= 11 is 0. The standard InChI is InChI=1S/C20H38N6O4.3H2S/c1-12(2)9-16(24-14(5)28)19(30)26-17(10-13(3)4)18(29)25-15(11-27)7-6-8-23-20(21)22;;;/h11-13,15-17H,6-10H2,1-5H3,(H,24,28)(H,25,29)(H,26,30)(H4,21,22,23);3*1H2/t15-,16-,17?;;;/m0.../s1. The Morgan fingerprint density at radius 2 is 1.30 bits per heavy atom. The van der Waals surface area contributed by atoms with Crippen molar-refractivity contribution in [1.82, 2.24) is 16.0 Å². The Labute approximate surface area is 218 Å². The highest BCUT2D eigenvalue weighted by Crippen LogP contribution is 2.09. The highest BCUT2D eigenvalue weighted by Gasteiger charge is 2.28. The van der Waals surface area contributed by atoms with Crippen LogP contribution in [0.4, 0.5) is 0 Å². The minimum Gasteiger partial charge on any atom is -0.370 e. The number of nitrogens with zero attached hydrogens (tertiary/aromatic N) is 1. The summed E-state index contributed by atoms with van der Waals surface area (Å²) in [4.78, 5) is 52.1. The molecule has 0 saturated carbocycles. The van der Waals surface area contributed by atoms with Gasteiger partial charge in [0.25, 0.3) is 0 Å². The summed E-state index contributed by atoms with van der Waals surface area (Å²) in [6.45, 7) is 9.43. The molecule has 0 spiro atoms. The van der Waals surface area contributed by atoms with Gasteiger partial charge in [0.05, 0.1) is 6.04 Å². The van der Waals surface area contributed by atoms with Crippen LogP contribution in [0.25, 0.3) is 0 Å². The number of aldehydes is 1. The highest BCUT2D eigenvalue weighted by atomic mass is 32.1. The Balaban J connectivity index is -0.00000140. The average Bonchev–Trinajstić information content (AvgIpc) is 2.61. The molecule has 0 aliphatic carbocycles. The van der Waals surface area contributed by atoms with Gasteiger partial charge < -0.3 is 32.2 Å². The van der Waals surface area contributed by atoms with Crippen molar-refractivity contribution < 1.29 is 19.2 Å². The summed E-state index contributed by atoms with van der Waals surface area (Å²) in [5.74, 6) is -0.909. The molecule has 0 heterocycles. The van der Waals surface area contributed by atoms with Gasteiger partial charge in [-0.15, -0.1) is 0 Å². The van der Waals surface area contributed by atoms with E-state index in [1.165, 1.54) is 6.92 Å². The molecule has 196 valence electrons. The molecule has 3 amide bonds. The molecular weight excluding hydrogens is 484 g/mol. The number of hydrogen-bond acceptors (Lipinski definition) is 5. The van der Waals surface area contributed by atoms with Crippen molar-refractivity contribution in [1.29, 1.82) is 0 Å². The second kappa shape index (κ2) is 21.0. The van der Waals surface area contributed by atoms with Crippen LogP contribution in [0.15, 0.2) is 4.99 Å². The van der Waals surface area contributed by atoms with E-state index in [4.69, 9.17) is 11.5 Å². The normalized spacial score (nSPS) is 12.6. The van der Waals surface area contributed by atoms with Crippen LogP contribution >= 0.6 is 40.5 Å². The fourth-order valence-electron chi connectivity index (χ4n) is 2.90. The monoisotopic (exact) mass is 528 g/mol. The molecule has 0 rings (SSSR count). The van der Waals surface area contributed by atoms with Crippen LogP contribution in [0.1, 0.15) is 60.3 Å². The van der Waals surface area contributed by atoms with Gasteiger partial charge in [0.2, 0.25) is 17.7 Å². The Hall–Kier alpha value is -1.60. The Morgan fingerprint density at radius 3 is 1.70 bits per heavy atom. The molecule has 13 heteroatoms. The van der Waals surface area contributed by atoms with Crippen molar-refractivity contribution in [3.8, 4) is 0 Å². The number of hydrogen-bond donors (Lipinski definition) is 5. The number of nitrogens with one attached hydrogen (secondary N) is 3. The number of carbonyl (C=O) groups is 4. The third kappa shape index (κ3) is 19.6. The predicted molar refractivity (Wildman–Crippen MR) is 147 cm³/mol. The van der Waals surface area contributed by atoms with Crippen molar-refractivity contribution in [2.75, 3.05) is 6.54 Å². The van der Waals surface area contributed by atoms with Crippen molar-refractivity contribution >= 4 is 70.5 Å². The average molecular weight is 529 g/mol. The van der Waals surface area contributed by atoms with Crippen LogP contribution in [0.3, 0.4) is 0 Å². The molecule has 0 saturated heterocycles. The third-order valence-corrected chi connectivity index (χ3v) is 4.20. The van der Waals surface area contributed by atoms with Crippen molar-refractivity contribution in [2.24, 2.45) is 28.3 Å². The summed E-state index contributed by atoms with van der Waals surface area (Å²) in [5, 5.41) is 8.03. The molecule has 0 aromatic rings. The maximum absolute atomic E-state index is 12.8. The summed E-state index contributed by atoms with van der Waals surface area (Å²) in [6, 6.07) is -2.26. The molecule has 0 aliphatic heterocycles. The number of amides is 3. The summed E-state index contributed by atoms with van der Waals surface area (Å²) in [7, 11) is 0. The number of carbonyl (C=O) groups excluding carboxylic acids is 4. The molecule has 33 heavy (non-hydrogen) atoms. The number of rotatable bonds is 14. The van der Waals surface area contributed by atoms with E-state index in [2.05, 4.69) is 20.9 Å². The molecule has 0 bridgehead atoms. The maximum Gasteiger partial charge on any atom is 0.243 e. The van der Waals surface area contributed by atoms with Crippen LogP contribution < -0.4 is 27.4 Å². The molecule has 0 aromatic carbocycles. The summed E-state index contributed by atoms with van der Waals surface area (Å²) < 4.78 is 0. The third-order valence-electron chi connectivity index (χ3n) is 4.20. The molecule has 3 atom stereocenters. The van der Waals surface area contributed by atoms with Crippen LogP contribution in [0.2, 0.25) is 0 Å². The van der Waals surface area contributed by atoms with Gasteiger partial charge in [0.1, 0.15) is 18.4 Å². The number of aliphatic imine (C=N–C) groups is 1. The largest absolute Gasteiger partial charge is 0.370 e. The highest BCUT2D eigenvalue weighted by molar-refractivity contribution is 7.59. The summed E-state index contributed by atoms with van der Waals surface area (Å²) in [6.07, 6.45) is 2.38. The van der Waals surface area contributed by atoms with E-state index in [0.29, 0.717) is 38.5 Å². The van der Waals surface area contributed by atoms with E-state index >= 15 is 0 Å². The second-order valence-electron chi connectivity index (χ2n) is 8.27.